The van der Waals surface area contributed by atoms with Gasteiger partial charge < -0.3 is 0 Å². The summed E-state index contributed by atoms with van der Waals surface area (Å²) in [6.07, 6.45) is 7.38. The monoisotopic (exact) mass is 233 g/mol. The molecule has 0 heterocycles. The first-order valence-corrected chi connectivity index (χ1v) is 7.30. The molecule has 0 atom stereocenters. The first-order valence-electron chi connectivity index (χ1n) is 5.83. The van der Waals surface area contributed by atoms with E-state index < -0.39 is 7.82 Å². The van der Waals surface area contributed by atoms with Crippen molar-refractivity contribution in [3.63, 3.8) is 0 Å². The van der Waals surface area contributed by atoms with Gasteiger partial charge in [-0.2, -0.15) is 0 Å². The van der Waals surface area contributed by atoms with Gasteiger partial charge >= 0.3 is 7.82 Å². The van der Waals surface area contributed by atoms with Crippen LogP contribution in [0.4, 0.5) is 0 Å². The number of hydrogen-bond acceptors (Lipinski definition) is 3. The third-order valence-corrected chi connectivity index (χ3v) is 4.27. The first kappa shape index (κ1) is 11.6. The van der Waals surface area contributed by atoms with Gasteiger partial charge in [-0.15, -0.1) is 4.89 Å². The molecule has 0 aromatic heterocycles. The Bertz CT molecular complexity index is 222. The highest BCUT2D eigenvalue weighted by molar-refractivity contribution is 7.47. The highest BCUT2D eigenvalue weighted by atomic mass is 31.2. The molecule has 2 aliphatic carbocycles. The topological polar surface area (TPSA) is 55.4 Å². The summed E-state index contributed by atoms with van der Waals surface area (Å²) in [7, 11) is -4.04. The van der Waals surface area contributed by atoms with Crippen LogP contribution < -0.4 is 0 Å². The lowest BCUT2D eigenvalue weighted by atomic mass is 10.3. The minimum Gasteiger partial charge on any atom is -0.282 e. The third kappa shape index (κ3) is 3.56. The summed E-state index contributed by atoms with van der Waals surface area (Å²) >= 11 is 0. The van der Waals surface area contributed by atoms with E-state index in [2.05, 4.69) is 0 Å². The van der Waals surface area contributed by atoms with E-state index in [1.54, 1.807) is 0 Å². The fraction of sp³-hybridized carbons (Fsp3) is 1.00. The molecule has 0 N–H and O–H groups in total. The van der Waals surface area contributed by atoms with Crippen LogP contribution in [0.15, 0.2) is 0 Å². The van der Waals surface area contributed by atoms with Crippen molar-refractivity contribution in [1.29, 1.82) is 0 Å². The van der Waals surface area contributed by atoms with E-state index in [1.807, 2.05) is 0 Å². The van der Waals surface area contributed by atoms with Crippen molar-refractivity contribution < 1.29 is 18.5 Å². The molecule has 2 fully saturated rings. The average Bonchev–Trinajstić information content (AvgIpc) is 2.75. The van der Waals surface area contributed by atoms with Crippen LogP contribution in [0.25, 0.3) is 0 Å². The lowest BCUT2D eigenvalue weighted by Gasteiger charge is -2.18. The molecule has 0 bridgehead atoms. The molecule has 87 valence electrons. The summed E-state index contributed by atoms with van der Waals surface area (Å²) in [5, 5.41) is 0. The standard InChI is InChI=1S/C10H18O4P/c11-15(12,13-9-5-1-2-6-9)14-10-7-3-4-8-10/h9-10H,1-8H2. The highest BCUT2D eigenvalue weighted by Crippen LogP contribution is 2.50. The van der Waals surface area contributed by atoms with Crippen LogP contribution in [0.1, 0.15) is 51.4 Å². The van der Waals surface area contributed by atoms with E-state index in [4.69, 9.17) is 9.05 Å². The Kier molecular flexibility index (Phi) is 3.83. The second-order valence-corrected chi connectivity index (χ2v) is 5.79. The molecular formula is C10H18O4P. The van der Waals surface area contributed by atoms with Gasteiger partial charge in [-0.1, -0.05) is 25.7 Å². The van der Waals surface area contributed by atoms with Crippen molar-refractivity contribution >= 4 is 7.82 Å². The van der Waals surface area contributed by atoms with Crippen molar-refractivity contribution in [1.82, 2.24) is 0 Å². The van der Waals surface area contributed by atoms with E-state index in [0.29, 0.717) is 0 Å². The lowest BCUT2D eigenvalue weighted by molar-refractivity contribution is 0.0637. The number of rotatable bonds is 4. The zero-order valence-corrected chi connectivity index (χ0v) is 9.79. The molecule has 2 aliphatic rings. The molecule has 0 aliphatic heterocycles. The summed E-state index contributed by atoms with van der Waals surface area (Å²) in [5.74, 6) is 0. The third-order valence-electron chi connectivity index (χ3n) is 3.16. The second-order valence-electron chi connectivity index (χ2n) is 4.47. The van der Waals surface area contributed by atoms with Crippen LogP contribution in [0.3, 0.4) is 0 Å². The molecule has 0 amide bonds. The maximum Gasteiger partial charge on any atom is 0.503 e. The summed E-state index contributed by atoms with van der Waals surface area (Å²) < 4.78 is 21.6. The molecule has 15 heavy (non-hydrogen) atoms. The molecule has 2 saturated carbocycles. The van der Waals surface area contributed by atoms with E-state index in [1.165, 1.54) is 0 Å². The van der Waals surface area contributed by atoms with Crippen LogP contribution in [0, 0.1) is 0 Å². The Balaban J connectivity index is 1.79. The van der Waals surface area contributed by atoms with Crippen molar-refractivity contribution in [2.45, 2.75) is 63.6 Å². The van der Waals surface area contributed by atoms with E-state index in [-0.39, 0.29) is 12.2 Å². The molecule has 4 nitrogen and oxygen atoms in total. The second kappa shape index (κ2) is 4.96. The largest absolute Gasteiger partial charge is 0.503 e. The van der Waals surface area contributed by atoms with Crippen molar-refractivity contribution in [3.05, 3.63) is 0 Å². The van der Waals surface area contributed by atoms with Crippen molar-refractivity contribution in [3.8, 4) is 0 Å². The summed E-state index contributed by atoms with van der Waals surface area (Å²) in [6, 6.07) is 0. The van der Waals surface area contributed by atoms with E-state index in [0.717, 1.165) is 51.4 Å². The Morgan fingerprint density at radius 1 is 0.800 bits per heavy atom. The van der Waals surface area contributed by atoms with Gasteiger partial charge in [0.2, 0.25) is 0 Å². The average molecular weight is 233 g/mol. The Hall–Kier alpha value is 0.110. The van der Waals surface area contributed by atoms with Crippen LogP contribution in [0.2, 0.25) is 0 Å². The molecular weight excluding hydrogens is 215 g/mol. The minimum absolute atomic E-state index is 0.130. The van der Waals surface area contributed by atoms with Crippen LogP contribution in [-0.2, 0) is 18.5 Å². The smallest absolute Gasteiger partial charge is 0.282 e. The van der Waals surface area contributed by atoms with Crippen LogP contribution >= 0.6 is 7.82 Å². The lowest BCUT2D eigenvalue weighted by Crippen LogP contribution is -2.11. The normalized spacial score (nSPS) is 25.1. The molecule has 0 aromatic carbocycles. The van der Waals surface area contributed by atoms with Gasteiger partial charge in [0.15, 0.2) is 0 Å². The zero-order chi connectivity index (χ0) is 10.7. The molecule has 0 saturated heterocycles. The molecule has 0 spiro atoms. The minimum atomic E-state index is -4.04. The highest BCUT2D eigenvalue weighted by Gasteiger charge is 2.34. The Morgan fingerprint density at radius 3 is 1.47 bits per heavy atom. The van der Waals surface area contributed by atoms with Crippen molar-refractivity contribution in [2.75, 3.05) is 0 Å². The first-order chi connectivity index (χ1) is 7.16. The predicted molar refractivity (Wildman–Crippen MR) is 55.0 cm³/mol. The molecule has 1 radical (unpaired) electrons. The van der Waals surface area contributed by atoms with Crippen molar-refractivity contribution in [2.24, 2.45) is 0 Å². The van der Waals surface area contributed by atoms with Crippen LogP contribution in [-0.4, -0.2) is 12.2 Å². The molecule has 0 aromatic rings. The predicted octanol–water partition coefficient (Wildman–Crippen LogP) is 3.44. The molecule has 5 heteroatoms. The Morgan fingerprint density at radius 2 is 1.13 bits per heavy atom. The zero-order valence-electron chi connectivity index (χ0n) is 8.89. The maximum absolute atomic E-state index is 11.5. The van der Waals surface area contributed by atoms with E-state index in [9.17, 15) is 9.46 Å². The fourth-order valence-electron chi connectivity index (χ4n) is 2.38. The number of hydrogen-bond donors (Lipinski definition) is 0. The van der Waals surface area contributed by atoms with Gasteiger partial charge in [-0.3, -0.25) is 9.05 Å². The fourth-order valence-corrected chi connectivity index (χ4v) is 3.58. The summed E-state index contributed by atoms with van der Waals surface area (Å²) in [5.41, 5.74) is 0. The van der Waals surface area contributed by atoms with Gasteiger partial charge in [0.05, 0.1) is 12.2 Å². The molecule has 2 rings (SSSR count). The molecule has 0 unspecified atom stereocenters. The summed E-state index contributed by atoms with van der Waals surface area (Å²) in [6.45, 7) is 0. The van der Waals surface area contributed by atoms with Gasteiger partial charge in [0.25, 0.3) is 0 Å². The van der Waals surface area contributed by atoms with Gasteiger partial charge in [-0.25, -0.2) is 4.57 Å². The maximum atomic E-state index is 11.5. The SMILES string of the molecule is [O]P(=O)(OC1CCCC1)OC1CCCC1. The quantitative estimate of drug-likeness (QED) is 0.699. The van der Waals surface area contributed by atoms with Crippen LogP contribution in [0.5, 0.6) is 0 Å². The Labute approximate surface area is 90.6 Å². The van der Waals surface area contributed by atoms with Gasteiger partial charge in [0.1, 0.15) is 0 Å². The van der Waals surface area contributed by atoms with Gasteiger partial charge in [0, 0.05) is 0 Å². The summed E-state index contributed by atoms with van der Waals surface area (Å²) in [4.78, 5) is 11.5. The van der Waals surface area contributed by atoms with E-state index >= 15 is 0 Å². The van der Waals surface area contributed by atoms with Gasteiger partial charge in [-0.05, 0) is 25.7 Å².